The van der Waals surface area contributed by atoms with Crippen LogP contribution in [0.5, 0.6) is 0 Å². The highest BCUT2D eigenvalue weighted by molar-refractivity contribution is 5.83. The number of hydrogen-bond donors (Lipinski definition) is 3. The van der Waals surface area contributed by atoms with Gasteiger partial charge in [0.2, 0.25) is 5.91 Å². The second-order valence-electron chi connectivity index (χ2n) is 4.00. The van der Waals surface area contributed by atoms with Crippen molar-refractivity contribution in [1.82, 2.24) is 5.32 Å². The van der Waals surface area contributed by atoms with E-state index in [2.05, 4.69) is 5.32 Å². The fraction of sp³-hybridized carbons (Fsp3) is 0.800. The van der Waals surface area contributed by atoms with Gasteiger partial charge in [-0.15, -0.1) is 0 Å². The molecule has 0 aliphatic heterocycles. The summed E-state index contributed by atoms with van der Waals surface area (Å²) in [6.45, 7) is -0.564. The predicted molar refractivity (Wildman–Crippen MR) is 53.2 cm³/mol. The Hall–Kier alpha value is -1.10. The lowest BCUT2D eigenvalue weighted by molar-refractivity contribution is -0.143. The standard InChI is InChI=1S/C10H17NO4/c12-6-8(10(14)15)11-9(13)5-7-3-1-2-4-7/h7-8,12H,1-6H2,(H,11,13)(H,14,15)/t8-/m1/s1. The third kappa shape index (κ3) is 3.87. The van der Waals surface area contributed by atoms with Crippen molar-refractivity contribution >= 4 is 11.9 Å². The summed E-state index contributed by atoms with van der Waals surface area (Å²) in [7, 11) is 0. The number of carboxylic acid groups (broad SMARTS) is 1. The number of carbonyl (C=O) groups excluding carboxylic acids is 1. The molecule has 0 radical (unpaired) electrons. The highest BCUT2D eigenvalue weighted by Gasteiger charge is 2.22. The molecule has 1 atom stereocenters. The van der Waals surface area contributed by atoms with Crippen LogP contribution in [0.15, 0.2) is 0 Å². The highest BCUT2D eigenvalue weighted by Crippen LogP contribution is 2.27. The lowest BCUT2D eigenvalue weighted by Gasteiger charge is -2.13. The normalized spacial score (nSPS) is 18.7. The average Bonchev–Trinajstić information content (AvgIpc) is 2.66. The van der Waals surface area contributed by atoms with Gasteiger partial charge in [-0.2, -0.15) is 0 Å². The van der Waals surface area contributed by atoms with Crippen LogP contribution in [0.25, 0.3) is 0 Å². The summed E-state index contributed by atoms with van der Waals surface area (Å²) in [6, 6.07) is -1.17. The zero-order valence-corrected chi connectivity index (χ0v) is 8.61. The molecular weight excluding hydrogens is 198 g/mol. The van der Waals surface area contributed by atoms with Crippen molar-refractivity contribution in [3.8, 4) is 0 Å². The SMILES string of the molecule is O=C(CC1CCCC1)N[C@H](CO)C(=O)O. The largest absolute Gasteiger partial charge is 0.480 e. The molecule has 1 amide bonds. The molecule has 0 bridgehead atoms. The summed E-state index contributed by atoms with van der Waals surface area (Å²) in [4.78, 5) is 21.9. The van der Waals surface area contributed by atoms with Crippen molar-refractivity contribution in [2.75, 3.05) is 6.61 Å². The fourth-order valence-corrected chi connectivity index (χ4v) is 1.92. The number of rotatable bonds is 5. The third-order valence-corrected chi connectivity index (χ3v) is 2.76. The van der Waals surface area contributed by atoms with Gasteiger partial charge >= 0.3 is 5.97 Å². The van der Waals surface area contributed by atoms with Gasteiger partial charge in [-0.05, 0) is 18.8 Å². The van der Waals surface area contributed by atoms with E-state index in [4.69, 9.17) is 10.2 Å². The zero-order valence-electron chi connectivity index (χ0n) is 8.61. The number of carbonyl (C=O) groups is 2. The van der Waals surface area contributed by atoms with E-state index in [9.17, 15) is 9.59 Å². The van der Waals surface area contributed by atoms with Gasteiger partial charge in [0.25, 0.3) is 0 Å². The van der Waals surface area contributed by atoms with Crippen LogP contribution in [-0.2, 0) is 9.59 Å². The molecule has 0 aromatic carbocycles. The summed E-state index contributed by atoms with van der Waals surface area (Å²) in [6.07, 6.45) is 4.78. The van der Waals surface area contributed by atoms with Gasteiger partial charge in [-0.3, -0.25) is 4.79 Å². The lowest BCUT2D eigenvalue weighted by Crippen LogP contribution is -2.43. The van der Waals surface area contributed by atoms with Crippen molar-refractivity contribution < 1.29 is 19.8 Å². The maximum atomic E-state index is 11.4. The zero-order chi connectivity index (χ0) is 11.3. The van der Waals surface area contributed by atoms with E-state index < -0.39 is 18.6 Å². The second kappa shape index (κ2) is 5.70. The number of aliphatic hydroxyl groups is 1. The first kappa shape index (κ1) is 12.0. The van der Waals surface area contributed by atoms with Crippen LogP contribution >= 0.6 is 0 Å². The van der Waals surface area contributed by atoms with E-state index in [0.29, 0.717) is 12.3 Å². The fourth-order valence-electron chi connectivity index (χ4n) is 1.92. The van der Waals surface area contributed by atoms with Gasteiger partial charge in [0.05, 0.1) is 6.61 Å². The Morgan fingerprint density at radius 3 is 2.40 bits per heavy atom. The molecule has 15 heavy (non-hydrogen) atoms. The first-order valence-electron chi connectivity index (χ1n) is 5.26. The molecule has 0 aromatic heterocycles. The molecular formula is C10H17NO4. The molecule has 1 saturated carbocycles. The first-order valence-corrected chi connectivity index (χ1v) is 5.26. The number of nitrogens with one attached hydrogen (secondary N) is 1. The van der Waals surface area contributed by atoms with Crippen LogP contribution in [0, 0.1) is 5.92 Å². The molecule has 1 rings (SSSR count). The molecule has 0 heterocycles. The molecule has 86 valence electrons. The van der Waals surface area contributed by atoms with Crippen LogP contribution < -0.4 is 5.32 Å². The summed E-state index contributed by atoms with van der Waals surface area (Å²) in [5.41, 5.74) is 0. The van der Waals surface area contributed by atoms with E-state index in [0.717, 1.165) is 25.7 Å². The topological polar surface area (TPSA) is 86.6 Å². The number of amides is 1. The Kier molecular flexibility index (Phi) is 4.55. The van der Waals surface area contributed by atoms with E-state index in [-0.39, 0.29) is 5.91 Å². The average molecular weight is 215 g/mol. The van der Waals surface area contributed by atoms with Crippen LogP contribution in [-0.4, -0.2) is 34.7 Å². The molecule has 0 spiro atoms. The third-order valence-electron chi connectivity index (χ3n) is 2.76. The maximum Gasteiger partial charge on any atom is 0.328 e. The number of aliphatic carboxylic acids is 1. The van der Waals surface area contributed by atoms with Gasteiger partial charge in [0.1, 0.15) is 6.04 Å². The molecule has 0 saturated heterocycles. The van der Waals surface area contributed by atoms with Crippen LogP contribution in [0.2, 0.25) is 0 Å². The monoisotopic (exact) mass is 215 g/mol. The Balaban J connectivity index is 2.30. The Morgan fingerprint density at radius 1 is 1.33 bits per heavy atom. The van der Waals surface area contributed by atoms with Crippen molar-refractivity contribution in [2.45, 2.75) is 38.1 Å². The molecule has 0 aromatic rings. The quantitative estimate of drug-likeness (QED) is 0.608. The van der Waals surface area contributed by atoms with E-state index >= 15 is 0 Å². The Morgan fingerprint density at radius 2 is 1.93 bits per heavy atom. The number of aliphatic hydroxyl groups excluding tert-OH is 1. The van der Waals surface area contributed by atoms with Crippen LogP contribution in [0.3, 0.4) is 0 Å². The molecule has 3 N–H and O–H groups in total. The first-order chi connectivity index (χ1) is 7.13. The summed E-state index contributed by atoms with van der Waals surface area (Å²) < 4.78 is 0. The minimum absolute atomic E-state index is 0.275. The van der Waals surface area contributed by atoms with E-state index in [1.165, 1.54) is 0 Å². The summed E-state index contributed by atoms with van der Waals surface area (Å²) >= 11 is 0. The van der Waals surface area contributed by atoms with Crippen LogP contribution in [0.1, 0.15) is 32.1 Å². The Labute approximate surface area is 88.5 Å². The summed E-state index contributed by atoms with van der Waals surface area (Å²) in [5.74, 6) is -1.08. The van der Waals surface area contributed by atoms with Gasteiger partial charge in [0.15, 0.2) is 0 Å². The predicted octanol–water partition coefficient (Wildman–Crippen LogP) is 0.128. The molecule has 5 nitrogen and oxygen atoms in total. The maximum absolute atomic E-state index is 11.4. The molecule has 1 fully saturated rings. The minimum Gasteiger partial charge on any atom is -0.480 e. The van der Waals surface area contributed by atoms with Crippen LogP contribution in [0.4, 0.5) is 0 Å². The van der Waals surface area contributed by atoms with Gasteiger partial charge < -0.3 is 15.5 Å². The molecule has 1 aliphatic carbocycles. The second-order valence-corrected chi connectivity index (χ2v) is 4.00. The Bertz CT molecular complexity index is 236. The van der Waals surface area contributed by atoms with Crippen molar-refractivity contribution in [2.24, 2.45) is 5.92 Å². The minimum atomic E-state index is -1.20. The molecule has 0 unspecified atom stereocenters. The number of hydrogen-bond acceptors (Lipinski definition) is 3. The van der Waals surface area contributed by atoms with Gasteiger partial charge in [0, 0.05) is 6.42 Å². The van der Waals surface area contributed by atoms with E-state index in [1.54, 1.807) is 0 Å². The van der Waals surface area contributed by atoms with Gasteiger partial charge in [-0.25, -0.2) is 4.79 Å². The molecule has 1 aliphatic rings. The number of carboxylic acids is 1. The highest BCUT2D eigenvalue weighted by atomic mass is 16.4. The van der Waals surface area contributed by atoms with Gasteiger partial charge in [-0.1, -0.05) is 12.8 Å². The van der Waals surface area contributed by atoms with Crippen molar-refractivity contribution in [3.63, 3.8) is 0 Å². The molecule has 5 heteroatoms. The van der Waals surface area contributed by atoms with Crippen molar-refractivity contribution in [1.29, 1.82) is 0 Å². The van der Waals surface area contributed by atoms with E-state index in [1.807, 2.05) is 0 Å². The lowest BCUT2D eigenvalue weighted by atomic mass is 10.0. The summed E-state index contributed by atoms with van der Waals surface area (Å²) in [5, 5.41) is 19.6. The smallest absolute Gasteiger partial charge is 0.328 e. The van der Waals surface area contributed by atoms with Crippen molar-refractivity contribution in [3.05, 3.63) is 0 Å².